The van der Waals surface area contributed by atoms with E-state index in [0.717, 1.165) is 5.69 Å². The predicted molar refractivity (Wildman–Crippen MR) is 90.7 cm³/mol. The molecule has 1 heterocycles. The van der Waals surface area contributed by atoms with Gasteiger partial charge in [-0.15, -0.1) is 11.3 Å². The van der Waals surface area contributed by atoms with E-state index >= 15 is 0 Å². The fourth-order valence-corrected chi connectivity index (χ4v) is 2.74. The molecular weight excluding hydrogens is 312 g/mol. The highest BCUT2D eigenvalue weighted by atomic mass is 32.1. The van der Waals surface area contributed by atoms with E-state index in [2.05, 4.69) is 10.3 Å². The molecule has 0 aliphatic rings. The van der Waals surface area contributed by atoms with Crippen molar-refractivity contribution < 1.29 is 14.6 Å². The molecule has 0 saturated heterocycles. The Balaban J connectivity index is 2.07. The normalized spacial score (nSPS) is 12.2. The Bertz CT molecular complexity index is 614. The van der Waals surface area contributed by atoms with E-state index in [1.165, 1.54) is 11.3 Å². The molecule has 0 radical (unpaired) electrons. The maximum absolute atomic E-state index is 12.5. The molecule has 0 fully saturated rings. The van der Waals surface area contributed by atoms with E-state index in [0.29, 0.717) is 24.3 Å². The van der Waals surface area contributed by atoms with E-state index in [1.54, 1.807) is 23.7 Å². The first kappa shape index (κ1) is 17.4. The molecule has 0 spiro atoms. The van der Waals surface area contributed by atoms with E-state index in [-0.39, 0.29) is 24.5 Å². The Morgan fingerprint density at radius 2 is 2.17 bits per heavy atom. The molecule has 2 aromatic rings. The molecule has 1 aromatic carbocycles. The maximum atomic E-state index is 12.5. The molecule has 1 amide bonds. The van der Waals surface area contributed by atoms with Crippen molar-refractivity contribution in [2.24, 2.45) is 5.92 Å². The number of para-hydroxylation sites is 1. The summed E-state index contributed by atoms with van der Waals surface area (Å²) < 4.78 is 5.74. The van der Waals surface area contributed by atoms with Crippen LogP contribution in [-0.4, -0.2) is 28.6 Å². The Hall–Kier alpha value is -1.92. The van der Waals surface area contributed by atoms with Crippen LogP contribution in [0.4, 0.5) is 0 Å². The number of hydrogen-bond acceptors (Lipinski definition) is 5. The molecule has 1 unspecified atom stereocenters. The van der Waals surface area contributed by atoms with Gasteiger partial charge in [0.05, 0.1) is 16.8 Å². The molecule has 1 atom stereocenters. The van der Waals surface area contributed by atoms with Gasteiger partial charge in [0.2, 0.25) is 0 Å². The van der Waals surface area contributed by atoms with Gasteiger partial charge in [-0.3, -0.25) is 4.79 Å². The van der Waals surface area contributed by atoms with Crippen LogP contribution < -0.4 is 10.1 Å². The number of rotatable bonds is 8. The highest BCUT2D eigenvalue weighted by Gasteiger charge is 2.19. The van der Waals surface area contributed by atoms with Gasteiger partial charge >= 0.3 is 0 Å². The first-order valence-electron chi connectivity index (χ1n) is 7.62. The second-order valence-corrected chi connectivity index (χ2v) is 6.32. The van der Waals surface area contributed by atoms with Crippen LogP contribution in [0.3, 0.4) is 0 Å². The zero-order valence-corrected chi connectivity index (χ0v) is 14.2. The molecule has 23 heavy (non-hydrogen) atoms. The smallest absolute Gasteiger partial charge is 0.255 e. The second kappa shape index (κ2) is 8.64. The van der Waals surface area contributed by atoms with Gasteiger partial charge in [-0.2, -0.15) is 0 Å². The zero-order valence-electron chi connectivity index (χ0n) is 13.4. The Kier molecular flexibility index (Phi) is 6.55. The molecule has 0 bridgehead atoms. The minimum absolute atomic E-state index is 0.0467. The standard InChI is InChI=1S/C17H22N2O3S/c1-12(2)15(7-8-20)19-17(21)14-5-3-4-6-16(14)22-9-13-10-23-11-18-13/h3-6,10-12,15,20H,7-9H2,1-2H3,(H,19,21). The number of carbonyl (C=O) groups is 1. The molecule has 0 aliphatic heterocycles. The molecule has 0 aliphatic carbocycles. The summed E-state index contributed by atoms with van der Waals surface area (Å²) in [6, 6.07) is 7.08. The van der Waals surface area contributed by atoms with Gasteiger partial charge in [0.15, 0.2) is 0 Å². The second-order valence-electron chi connectivity index (χ2n) is 5.60. The molecule has 6 heteroatoms. The Morgan fingerprint density at radius 3 is 2.83 bits per heavy atom. The molecular formula is C17H22N2O3S. The largest absolute Gasteiger partial charge is 0.486 e. The molecule has 1 aromatic heterocycles. The summed E-state index contributed by atoms with van der Waals surface area (Å²) in [7, 11) is 0. The number of amides is 1. The lowest BCUT2D eigenvalue weighted by Crippen LogP contribution is -2.39. The molecule has 2 rings (SSSR count). The maximum Gasteiger partial charge on any atom is 0.255 e. The highest BCUT2D eigenvalue weighted by Crippen LogP contribution is 2.20. The summed E-state index contributed by atoms with van der Waals surface area (Å²) in [4.78, 5) is 16.7. The van der Waals surface area contributed by atoms with Gasteiger partial charge in [-0.05, 0) is 24.5 Å². The number of nitrogens with zero attached hydrogens (tertiary/aromatic N) is 1. The van der Waals surface area contributed by atoms with Crippen LogP contribution in [0.5, 0.6) is 5.75 Å². The average Bonchev–Trinajstić information content (AvgIpc) is 3.06. The number of aromatic nitrogens is 1. The zero-order chi connectivity index (χ0) is 16.7. The van der Waals surface area contributed by atoms with Crippen LogP contribution in [0.1, 0.15) is 36.3 Å². The number of benzene rings is 1. The van der Waals surface area contributed by atoms with Crippen molar-refractivity contribution in [1.29, 1.82) is 0 Å². The summed E-state index contributed by atoms with van der Waals surface area (Å²) in [5.74, 6) is 0.588. The van der Waals surface area contributed by atoms with Gasteiger partial charge < -0.3 is 15.2 Å². The van der Waals surface area contributed by atoms with Crippen molar-refractivity contribution in [3.05, 3.63) is 46.4 Å². The summed E-state index contributed by atoms with van der Waals surface area (Å²) in [5.41, 5.74) is 3.08. The minimum atomic E-state index is -0.189. The molecule has 124 valence electrons. The monoisotopic (exact) mass is 334 g/mol. The van der Waals surface area contributed by atoms with Gasteiger partial charge in [-0.1, -0.05) is 26.0 Å². The number of thiazole rings is 1. The molecule has 0 saturated carbocycles. The van der Waals surface area contributed by atoms with E-state index in [9.17, 15) is 4.79 Å². The minimum Gasteiger partial charge on any atom is -0.486 e. The van der Waals surface area contributed by atoms with Crippen LogP contribution in [0, 0.1) is 5.92 Å². The fraction of sp³-hybridized carbons (Fsp3) is 0.412. The van der Waals surface area contributed by atoms with Crippen LogP contribution in [0.2, 0.25) is 0 Å². The van der Waals surface area contributed by atoms with Crippen LogP contribution in [-0.2, 0) is 6.61 Å². The fourth-order valence-electron chi connectivity index (χ4n) is 2.20. The van der Waals surface area contributed by atoms with E-state index in [1.807, 2.05) is 25.3 Å². The summed E-state index contributed by atoms with van der Waals surface area (Å²) in [6.45, 7) is 4.42. The predicted octanol–water partition coefficient (Wildman–Crippen LogP) is 2.86. The van der Waals surface area contributed by atoms with Gasteiger partial charge in [0, 0.05) is 18.0 Å². The van der Waals surface area contributed by atoms with Crippen LogP contribution in [0.15, 0.2) is 35.2 Å². The number of hydrogen-bond donors (Lipinski definition) is 2. The topological polar surface area (TPSA) is 71.5 Å². The summed E-state index contributed by atoms with van der Waals surface area (Å²) >= 11 is 1.51. The van der Waals surface area contributed by atoms with E-state index < -0.39 is 0 Å². The van der Waals surface area contributed by atoms with Crippen molar-refractivity contribution in [3.8, 4) is 5.75 Å². The number of aliphatic hydroxyl groups excluding tert-OH is 1. The molecule has 5 nitrogen and oxygen atoms in total. The summed E-state index contributed by atoms with van der Waals surface area (Å²) in [5, 5.41) is 14.0. The lowest BCUT2D eigenvalue weighted by atomic mass is 10.0. The van der Waals surface area contributed by atoms with Crippen molar-refractivity contribution in [2.45, 2.75) is 32.9 Å². The third kappa shape index (κ3) is 5.04. The Morgan fingerprint density at radius 1 is 1.39 bits per heavy atom. The number of aliphatic hydroxyl groups is 1. The van der Waals surface area contributed by atoms with Crippen LogP contribution >= 0.6 is 11.3 Å². The van der Waals surface area contributed by atoms with Crippen LogP contribution in [0.25, 0.3) is 0 Å². The number of carbonyl (C=O) groups excluding carboxylic acids is 1. The third-order valence-corrected chi connectivity index (χ3v) is 4.19. The van der Waals surface area contributed by atoms with Crippen molar-refractivity contribution in [1.82, 2.24) is 10.3 Å². The summed E-state index contributed by atoms with van der Waals surface area (Å²) in [6.07, 6.45) is 0.533. The van der Waals surface area contributed by atoms with E-state index in [4.69, 9.17) is 9.84 Å². The highest BCUT2D eigenvalue weighted by molar-refractivity contribution is 7.07. The number of ether oxygens (including phenoxy) is 1. The third-order valence-electron chi connectivity index (χ3n) is 3.55. The van der Waals surface area contributed by atoms with Gasteiger partial charge in [0.25, 0.3) is 5.91 Å². The first-order valence-corrected chi connectivity index (χ1v) is 8.56. The van der Waals surface area contributed by atoms with Crippen molar-refractivity contribution in [3.63, 3.8) is 0 Å². The van der Waals surface area contributed by atoms with Gasteiger partial charge in [0.1, 0.15) is 12.4 Å². The number of nitrogens with one attached hydrogen (secondary N) is 1. The SMILES string of the molecule is CC(C)C(CCO)NC(=O)c1ccccc1OCc1cscn1. The Labute approximate surface area is 140 Å². The van der Waals surface area contributed by atoms with Gasteiger partial charge in [-0.25, -0.2) is 4.98 Å². The molecule has 2 N–H and O–H groups in total. The lowest BCUT2D eigenvalue weighted by molar-refractivity contribution is 0.0912. The lowest BCUT2D eigenvalue weighted by Gasteiger charge is -2.22. The average molecular weight is 334 g/mol. The first-order chi connectivity index (χ1) is 11.1. The van der Waals surface area contributed by atoms with Crippen molar-refractivity contribution >= 4 is 17.2 Å². The quantitative estimate of drug-likeness (QED) is 0.779. The van der Waals surface area contributed by atoms with Crippen molar-refractivity contribution in [2.75, 3.05) is 6.61 Å².